The van der Waals surface area contributed by atoms with Gasteiger partial charge >= 0.3 is 0 Å². The molecule has 1 heterocycles. The quantitative estimate of drug-likeness (QED) is 0.877. The minimum Gasteiger partial charge on any atom is -0.324 e. The zero-order valence-electron chi connectivity index (χ0n) is 10.6. The van der Waals surface area contributed by atoms with E-state index in [1.54, 1.807) is 0 Å². The molecule has 2 N–H and O–H groups in total. The van der Waals surface area contributed by atoms with Crippen LogP contribution in [0.1, 0.15) is 28.6 Å². The molecule has 0 amide bonds. The number of aromatic nitrogens is 2. The summed E-state index contributed by atoms with van der Waals surface area (Å²) in [6.07, 6.45) is 0.822. The van der Waals surface area contributed by atoms with E-state index < -0.39 is 0 Å². The normalized spacial score (nSPS) is 12.7. The van der Waals surface area contributed by atoms with Crippen LogP contribution in [0.5, 0.6) is 0 Å². The smallest absolute Gasteiger partial charge is 0.0596 e. The van der Waals surface area contributed by atoms with E-state index in [0.29, 0.717) is 0 Å². The first-order valence-electron chi connectivity index (χ1n) is 5.88. The second-order valence-corrected chi connectivity index (χ2v) is 4.57. The Morgan fingerprint density at radius 1 is 1.29 bits per heavy atom. The second-order valence-electron chi connectivity index (χ2n) is 4.57. The van der Waals surface area contributed by atoms with Crippen molar-refractivity contribution in [1.82, 2.24) is 9.78 Å². The molecule has 0 bridgehead atoms. The zero-order valence-corrected chi connectivity index (χ0v) is 10.6. The molecule has 0 spiro atoms. The maximum absolute atomic E-state index is 6.26. The molecule has 0 fully saturated rings. The van der Waals surface area contributed by atoms with Crippen molar-refractivity contribution in [3.63, 3.8) is 0 Å². The number of nitrogens with zero attached hydrogens (tertiary/aromatic N) is 2. The van der Waals surface area contributed by atoms with Crippen LogP contribution in [0, 0.1) is 13.8 Å². The number of hydrogen-bond acceptors (Lipinski definition) is 2. The third-order valence-corrected chi connectivity index (χ3v) is 3.12. The van der Waals surface area contributed by atoms with Crippen LogP contribution < -0.4 is 5.73 Å². The summed E-state index contributed by atoms with van der Waals surface area (Å²) in [6, 6.07) is 10.4. The van der Waals surface area contributed by atoms with E-state index >= 15 is 0 Å². The van der Waals surface area contributed by atoms with Crippen LogP contribution in [0.25, 0.3) is 0 Å². The van der Waals surface area contributed by atoms with Crippen molar-refractivity contribution in [2.45, 2.75) is 26.3 Å². The van der Waals surface area contributed by atoms with Crippen LogP contribution in [0.4, 0.5) is 0 Å². The summed E-state index contributed by atoms with van der Waals surface area (Å²) in [5.74, 6) is 0. The molecule has 1 aromatic carbocycles. The molecular formula is C14H19N3. The minimum atomic E-state index is 0.0333. The van der Waals surface area contributed by atoms with Crippen molar-refractivity contribution >= 4 is 0 Å². The molecule has 3 nitrogen and oxygen atoms in total. The highest BCUT2D eigenvalue weighted by Gasteiger charge is 2.12. The van der Waals surface area contributed by atoms with Gasteiger partial charge in [0.2, 0.25) is 0 Å². The van der Waals surface area contributed by atoms with Gasteiger partial charge in [0.15, 0.2) is 0 Å². The number of rotatable bonds is 3. The van der Waals surface area contributed by atoms with Crippen molar-refractivity contribution in [3.05, 3.63) is 52.8 Å². The standard InChI is InChI=1S/C14H19N3/c1-10-6-4-5-7-13(10)14(15)9-12-8-11(2)16-17(12)3/h4-8,14H,9,15H2,1-3H3. The Bertz CT molecular complexity index is 514. The van der Waals surface area contributed by atoms with Crippen molar-refractivity contribution in [1.29, 1.82) is 0 Å². The SMILES string of the molecule is Cc1cc(CC(N)c2ccccc2C)n(C)n1. The van der Waals surface area contributed by atoms with Gasteiger partial charge in [-0.15, -0.1) is 0 Å². The van der Waals surface area contributed by atoms with Crippen molar-refractivity contribution in [2.24, 2.45) is 12.8 Å². The molecular weight excluding hydrogens is 210 g/mol. The zero-order chi connectivity index (χ0) is 12.4. The molecule has 1 unspecified atom stereocenters. The molecule has 2 rings (SSSR count). The van der Waals surface area contributed by atoms with E-state index in [1.165, 1.54) is 16.8 Å². The van der Waals surface area contributed by atoms with E-state index in [4.69, 9.17) is 5.73 Å². The molecule has 0 aliphatic heterocycles. The molecule has 17 heavy (non-hydrogen) atoms. The third-order valence-electron chi connectivity index (χ3n) is 3.12. The summed E-state index contributed by atoms with van der Waals surface area (Å²) in [5, 5.41) is 4.34. The summed E-state index contributed by atoms with van der Waals surface area (Å²) in [4.78, 5) is 0. The highest BCUT2D eigenvalue weighted by Crippen LogP contribution is 2.19. The average molecular weight is 229 g/mol. The fraction of sp³-hybridized carbons (Fsp3) is 0.357. The predicted octanol–water partition coefficient (Wildman–Crippen LogP) is 2.28. The van der Waals surface area contributed by atoms with E-state index in [2.05, 4.69) is 30.2 Å². The first-order valence-corrected chi connectivity index (χ1v) is 5.88. The van der Waals surface area contributed by atoms with E-state index in [1.807, 2.05) is 30.8 Å². The Kier molecular flexibility index (Phi) is 3.29. The Morgan fingerprint density at radius 2 is 2.00 bits per heavy atom. The molecule has 1 aromatic heterocycles. The number of nitrogens with two attached hydrogens (primary N) is 1. The number of aryl methyl sites for hydroxylation is 3. The number of hydrogen-bond donors (Lipinski definition) is 1. The Balaban J connectivity index is 2.20. The maximum atomic E-state index is 6.26. The van der Waals surface area contributed by atoms with Gasteiger partial charge in [-0.1, -0.05) is 24.3 Å². The highest BCUT2D eigenvalue weighted by molar-refractivity contribution is 5.29. The summed E-state index contributed by atoms with van der Waals surface area (Å²) in [5.41, 5.74) is 10.9. The molecule has 3 heteroatoms. The van der Waals surface area contributed by atoms with Crippen molar-refractivity contribution < 1.29 is 0 Å². The maximum Gasteiger partial charge on any atom is 0.0596 e. The molecule has 0 saturated carbocycles. The average Bonchev–Trinajstić information content (AvgIpc) is 2.58. The van der Waals surface area contributed by atoms with Gasteiger partial charge in [0.05, 0.1) is 5.69 Å². The second kappa shape index (κ2) is 4.72. The highest BCUT2D eigenvalue weighted by atomic mass is 15.3. The summed E-state index contributed by atoms with van der Waals surface area (Å²) in [6.45, 7) is 4.10. The lowest BCUT2D eigenvalue weighted by molar-refractivity contribution is 0.637. The third kappa shape index (κ3) is 2.56. The molecule has 0 saturated heterocycles. The van der Waals surface area contributed by atoms with E-state index in [9.17, 15) is 0 Å². The Hall–Kier alpha value is -1.61. The lowest BCUT2D eigenvalue weighted by atomic mass is 9.98. The van der Waals surface area contributed by atoms with E-state index in [0.717, 1.165) is 12.1 Å². The molecule has 2 aromatic rings. The Labute approximate surface area is 102 Å². The fourth-order valence-electron chi connectivity index (χ4n) is 2.19. The summed E-state index contributed by atoms with van der Waals surface area (Å²) >= 11 is 0. The van der Waals surface area contributed by atoms with Crippen molar-refractivity contribution in [3.8, 4) is 0 Å². The molecule has 0 radical (unpaired) electrons. The first-order chi connectivity index (χ1) is 8.08. The molecule has 1 atom stereocenters. The lowest BCUT2D eigenvalue weighted by Gasteiger charge is -2.14. The minimum absolute atomic E-state index is 0.0333. The Morgan fingerprint density at radius 3 is 2.59 bits per heavy atom. The predicted molar refractivity (Wildman–Crippen MR) is 69.8 cm³/mol. The molecule has 0 aliphatic carbocycles. The van der Waals surface area contributed by atoms with Crippen LogP contribution in [0.3, 0.4) is 0 Å². The topological polar surface area (TPSA) is 43.8 Å². The molecule has 90 valence electrons. The van der Waals surface area contributed by atoms with Crippen LogP contribution in [0.15, 0.2) is 30.3 Å². The summed E-state index contributed by atoms with van der Waals surface area (Å²) < 4.78 is 1.91. The van der Waals surface area contributed by atoms with Gasteiger partial charge in [0, 0.05) is 25.2 Å². The van der Waals surface area contributed by atoms with Gasteiger partial charge in [-0.2, -0.15) is 5.10 Å². The fourth-order valence-corrected chi connectivity index (χ4v) is 2.19. The van der Waals surface area contributed by atoms with Crippen molar-refractivity contribution in [2.75, 3.05) is 0 Å². The van der Waals surface area contributed by atoms with Crippen LogP contribution in [-0.2, 0) is 13.5 Å². The van der Waals surface area contributed by atoms with Gasteiger partial charge in [-0.3, -0.25) is 4.68 Å². The summed E-state index contributed by atoms with van der Waals surface area (Å²) in [7, 11) is 1.97. The lowest BCUT2D eigenvalue weighted by Crippen LogP contribution is -2.16. The van der Waals surface area contributed by atoms with E-state index in [-0.39, 0.29) is 6.04 Å². The van der Waals surface area contributed by atoms with Crippen LogP contribution in [-0.4, -0.2) is 9.78 Å². The first kappa shape index (κ1) is 11.9. The van der Waals surface area contributed by atoms with Gasteiger partial charge in [-0.25, -0.2) is 0 Å². The monoisotopic (exact) mass is 229 g/mol. The van der Waals surface area contributed by atoms with Gasteiger partial charge < -0.3 is 5.73 Å². The van der Waals surface area contributed by atoms with Gasteiger partial charge in [0.1, 0.15) is 0 Å². The molecule has 0 aliphatic rings. The van der Waals surface area contributed by atoms with Gasteiger partial charge in [0.25, 0.3) is 0 Å². The van der Waals surface area contributed by atoms with Gasteiger partial charge in [-0.05, 0) is 31.0 Å². The number of benzene rings is 1. The largest absolute Gasteiger partial charge is 0.324 e. The van der Waals surface area contributed by atoms with Crippen LogP contribution in [0.2, 0.25) is 0 Å². The van der Waals surface area contributed by atoms with Crippen LogP contribution >= 0.6 is 0 Å².